The smallest absolute Gasteiger partial charge is 0.157 e. The maximum absolute atomic E-state index is 13.2. The number of Topliss-reactive ketones (excluding diaryl/α,β-unsaturated/α-hetero) is 1. The van der Waals surface area contributed by atoms with Gasteiger partial charge in [0.1, 0.15) is 6.07 Å². The number of hydrogen-bond donors (Lipinski definition) is 0. The molecule has 3 aliphatic carbocycles. The van der Waals surface area contributed by atoms with E-state index in [-0.39, 0.29) is 23.7 Å². The SMILES string of the molecule is C[C@H]1CC[C@H]2[C@H](CC[C@@H]3[C@@H]2OC[C@]2(C)[C@@H](C(=O)Cn4cc(C#N)cn4)CC[C@@H]32)C1. The molecule has 0 aromatic carbocycles. The second kappa shape index (κ2) is 7.23. The van der Waals surface area contributed by atoms with Crippen molar-refractivity contribution in [3.63, 3.8) is 0 Å². The van der Waals surface area contributed by atoms with Crippen molar-refractivity contribution < 1.29 is 9.53 Å². The highest BCUT2D eigenvalue weighted by Gasteiger charge is 2.59. The first-order chi connectivity index (χ1) is 14.0. The zero-order chi connectivity index (χ0) is 20.2. The number of carbonyl (C=O) groups is 1. The summed E-state index contributed by atoms with van der Waals surface area (Å²) in [6, 6.07) is 2.08. The second-order valence-electron chi connectivity index (χ2n) is 10.6. The van der Waals surface area contributed by atoms with Gasteiger partial charge in [0, 0.05) is 17.5 Å². The Hall–Kier alpha value is -1.67. The number of aromatic nitrogens is 2. The minimum atomic E-state index is -0.0434. The van der Waals surface area contributed by atoms with E-state index < -0.39 is 0 Å². The Balaban J connectivity index is 1.31. The van der Waals surface area contributed by atoms with E-state index in [2.05, 4.69) is 25.0 Å². The molecule has 0 radical (unpaired) electrons. The maximum atomic E-state index is 13.2. The van der Waals surface area contributed by atoms with Crippen molar-refractivity contribution in [3.05, 3.63) is 18.0 Å². The van der Waals surface area contributed by atoms with E-state index in [0.29, 0.717) is 23.5 Å². The highest BCUT2D eigenvalue weighted by Crippen LogP contribution is 2.60. The number of ether oxygens (including phenoxy) is 1. The molecule has 1 saturated heterocycles. The van der Waals surface area contributed by atoms with Crippen LogP contribution in [0.15, 0.2) is 12.4 Å². The minimum Gasteiger partial charge on any atom is -0.377 e. The molecule has 2 heterocycles. The molecular weight excluding hydrogens is 362 g/mol. The van der Waals surface area contributed by atoms with Gasteiger partial charge in [-0.05, 0) is 68.1 Å². The van der Waals surface area contributed by atoms with Gasteiger partial charge in [-0.2, -0.15) is 10.4 Å². The lowest BCUT2D eigenvalue weighted by Crippen LogP contribution is -2.55. The van der Waals surface area contributed by atoms with E-state index in [4.69, 9.17) is 10.00 Å². The fraction of sp³-hybridized carbons (Fsp3) is 0.792. The fourth-order valence-corrected chi connectivity index (χ4v) is 7.61. The summed E-state index contributed by atoms with van der Waals surface area (Å²) in [6.07, 6.45) is 12.5. The molecule has 8 atom stereocenters. The zero-order valence-electron chi connectivity index (χ0n) is 17.7. The van der Waals surface area contributed by atoms with Crippen molar-refractivity contribution in [2.24, 2.45) is 40.9 Å². The van der Waals surface area contributed by atoms with E-state index in [0.717, 1.165) is 37.2 Å². The lowest BCUT2D eigenvalue weighted by Gasteiger charge is -2.55. The maximum Gasteiger partial charge on any atom is 0.157 e. The van der Waals surface area contributed by atoms with Crippen LogP contribution in [0.2, 0.25) is 0 Å². The third-order valence-corrected chi connectivity index (χ3v) is 9.00. The molecule has 4 fully saturated rings. The van der Waals surface area contributed by atoms with E-state index in [9.17, 15) is 4.79 Å². The minimum absolute atomic E-state index is 0.0434. The van der Waals surface area contributed by atoms with Crippen molar-refractivity contribution in [1.29, 1.82) is 5.26 Å². The number of hydrogen-bond acceptors (Lipinski definition) is 4. The quantitative estimate of drug-likeness (QED) is 0.768. The molecule has 5 rings (SSSR count). The second-order valence-corrected chi connectivity index (χ2v) is 10.6. The molecule has 1 aromatic heterocycles. The van der Waals surface area contributed by atoms with Crippen LogP contribution in [0.1, 0.15) is 64.4 Å². The molecular formula is C24H33N3O2. The number of nitriles is 1. The first kappa shape index (κ1) is 19.3. The van der Waals surface area contributed by atoms with Crippen molar-refractivity contribution >= 4 is 5.78 Å². The van der Waals surface area contributed by atoms with Crippen LogP contribution in [0.4, 0.5) is 0 Å². The van der Waals surface area contributed by atoms with Crippen LogP contribution < -0.4 is 0 Å². The fourth-order valence-electron chi connectivity index (χ4n) is 7.61. The molecule has 0 bridgehead atoms. The van der Waals surface area contributed by atoms with Crippen molar-refractivity contribution in [2.75, 3.05) is 6.61 Å². The molecule has 1 aromatic rings. The molecule has 5 heteroatoms. The summed E-state index contributed by atoms with van der Waals surface area (Å²) < 4.78 is 8.26. The Morgan fingerprint density at radius 2 is 2.10 bits per heavy atom. The Morgan fingerprint density at radius 3 is 2.90 bits per heavy atom. The van der Waals surface area contributed by atoms with Crippen LogP contribution in [0.3, 0.4) is 0 Å². The van der Waals surface area contributed by atoms with Gasteiger partial charge >= 0.3 is 0 Å². The normalized spacial score (nSPS) is 43.7. The molecule has 29 heavy (non-hydrogen) atoms. The highest BCUT2D eigenvalue weighted by atomic mass is 16.5. The summed E-state index contributed by atoms with van der Waals surface area (Å²) in [5, 5.41) is 13.2. The Labute approximate surface area is 173 Å². The van der Waals surface area contributed by atoms with E-state index in [1.165, 1.54) is 38.3 Å². The molecule has 5 nitrogen and oxygen atoms in total. The van der Waals surface area contributed by atoms with Gasteiger partial charge in [-0.25, -0.2) is 0 Å². The first-order valence-electron chi connectivity index (χ1n) is 11.6. The number of fused-ring (bicyclic) bond motifs is 5. The van der Waals surface area contributed by atoms with Gasteiger partial charge in [0.15, 0.2) is 5.78 Å². The van der Waals surface area contributed by atoms with Crippen LogP contribution in [0.25, 0.3) is 0 Å². The molecule has 4 aliphatic rings. The molecule has 0 N–H and O–H groups in total. The van der Waals surface area contributed by atoms with Gasteiger partial charge in [0.05, 0.1) is 31.0 Å². The summed E-state index contributed by atoms with van der Waals surface area (Å²) in [5.74, 6) is 4.03. The first-order valence-corrected chi connectivity index (χ1v) is 11.6. The number of nitrogens with zero attached hydrogens (tertiary/aromatic N) is 3. The summed E-state index contributed by atoms with van der Waals surface area (Å²) in [7, 11) is 0. The average Bonchev–Trinajstić information content (AvgIpc) is 3.30. The Kier molecular flexibility index (Phi) is 4.81. The van der Waals surface area contributed by atoms with Gasteiger partial charge < -0.3 is 4.74 Å². The van der Waals surface area contributed by atoms with Crippen LogP contribution in [-0.4, -0.2) is 28.3 Å². The van der Waals surface area contributed by atoms with Crippen molar-refractivity contribution in [2.45, 2.75) is 71.4 Å². The van der Waals surface area contributed by atoms with Gasteiger partial charge in [-0.1, -0.05) is 20.3 Å². The van der Waals surface area contributed by atoms with E-state index in [1.807, 2.05) is 0 Å². The third kappa shape index (κ3) is 3.15. The van der Waals surface area contributed by atoms with Crippen molar-refractivity contribution in [1.82, 2.24) is 9.78 Å². The lowest BCUT2D eigenvalue weighted by atomic mass is 9.56. The topological polar surface area (TPSA) is 67.9 Å². The molecule has 0 spiro atoms. The predicted molar refractivity (Wildman–Crippen MR) is 109 cm³/mol. The van der Waals surface area contributed by atoms with E-state index >= 15 is 0 Å². The molecule has 0 unspecified atom stereocenters. The standard InChI is InChI=1S/C24H33N3O2/c1-15-3-5-18-17(9-15)4-6-19-20-7-8-21(24(20,2)14-29-23(18)19)22(28)13-27-12-16(10-25)11-26-27/h11-12,15,17-21,23H,3-9,13-14H2,1-2H3/t15-,17+,18-,19-,20-,21+,23+,24-/m0/s1. The molecule has 0 amide bonds. The number of carbonyl (C=O) groups excluding carboxylic acids is 1. The Bertz CT molecular complexity index is 826. The zero-order valence-corrected chi connectivity index (χ0v) is 17.7. The average molecular weight is 396 g/mol. The van der Waals surface area contributed by atoms with Crippen LogP contribution in [0, 0.1) is 52.3 Å². The van der Waals surface area contributed by atoms with Gasteiger partial charge in [-0.3, -0.25) is 9.48 Å². The summed E-state index contributed by atoms with van der Waals surface area (Å²) in [4.78, 5) is 13.2. The highest BCUT2D eigenvalue weighted by molar-refractivity contribution is 5.82. The van der Waals surface area contributed by atoms with Crippen LogP contribution >= 0.6 is 0 Å². The van der Waals surface area contributed by atoms with Gasteiger partial charge in [0.2, 0.25) is 0 Å². The van der Waals surface area contributed by atoms with E-state index in [1.54, 1.807) is 10.9 Å². The number of rotatable bonds is 3. The van der Waals surface area contributed by atoms with Crippen LogP contribution in [0.5, 0.6) is 0 Å². The molecule has 156 valence electrons. The summed E-state index contributed by atoms with van der Waals surface area (Å²) >= 11 is 0. The third-order valence-electron chi connectivity index (χ3n) is 9.00. The Morgan fingerprint density at radius 1 is 1.28 bits per heavy atom. The largest absolute Gasteiger partial charge is 0.377 e. The number of ketones is 1. The van der Waals surface area contributed by atoms with Gasteiger partial charge in [-0.15, -0.1) is 0 Å². The van der Waals surface area contributed by atoms with Gasteiger partial charge in [0.25, 0.3) is 0 Å². The molecule has 1 aliphatic heterocycles. The monoisotopic (exact) mass is 395 g/mol. The van der Waals surface area contributed by atoms with Crippen LogP contribution in [-0.2, 0) is 16.1 Å². The summed E-state index contributed by atoms with van der Waals surface area (Å²) in [5.41, 5.74) is 0.467. The summed E-state index contributed by atoms with van der Waals surface area (Å²) in [6.45, 7) is 5.72. The lowest BCUT2D eigenvalue weighted by molar-refractivity contribution is -0.187. The predicted octanol–water partition coefficient (Wildman–Crippen LogP) is 4.22. The molecule has 3 saturated carbocycles. The van der Waals surface area contributed by atoms with Crippen molar-refractivity contribution in [3.8, 4) is 6.07 Å².